The Morgan fingerprint density at radius 3 is 2.32 bits per heavy atom. The number of nitrogens with zero attached hydrogens (tertiary/aromatic N) is 1. The van der Waals surface area contributed by atoms with Gasteiger partial charge in [0.25, 0.3) is 5.91 Å². The summed E-state index contributed by atoms with van der Waals surface area (Å²) in [6.45, 7) is 8.62. The van der Waals surface area contributed by atoms with Crippen molar-refractivity contribution in [3.63, 3.8) is 0 Å². The fraction of sp³-hybridized carbons (Fsp3) is 0.588. The molecular formula is C17H23NO. The molecule has 1 heterocycles. The zero-order valence-corrected chi connectivity index (χ0v) is 12.1. The fourth-order valence-corrected chi connectivity index (χ4v) is 3.25. The molecule has 1 aliphatic heterocycles. The number of rotatable bonds is 3. The Bertz CT molecular complexity index is 471. The summed E-state index contributed by atoms with van der Waals surface area (Å²) in [5.41, 5.74) is 2.25. The zero-order chi connectivity index (χ0) is 13.6. The van der Waals surface area contributed by atoms with Crippen LogP contribution in [0.25, 0.3) is 0 Å². The molecule has 2 nitrogen and oxygen atoms in total. The van der Waals surface area contributed by atoms with Crippen molar-refractivity contribution in [3.05, 3.63) is 35.4 Å². The van der Waals surface area contributed by atoms with Crippen molar-refractivity contribution in [2.75, 3.05) is 13.1 Å². The van der Waals surface area contributed by atoms with Crippen molar-refractivity contribution in [1.29, 1.82) is 0 Å². The fourth-order valence-electron chi connectivity index (χ4n) is 3.25. The van der Waals surface area contributed by atoms with Crippen LogP contribution in [-0.2, 0) is 0 Å². The molecule has 1 saturated carbocycles. The lowest BCUT2D eigenvalue weighted by Crippen LogP contribution is -2.48. The summed E-state index contributed by atoms with van der Waals surface area (Å²) in [6, 6.07) is 8.33. The minimum absolute atomic E-state index is 0.195. The van der Waals surface area contributed by atoms with Crippen LogP contribution in [0, 0.1) is 17.8 Å². The highest BCUT2D eigenvalue weighted by atomic mass is 16.2. The molecule has 2 aliphatic rings. The maximum atomic E-state index is 12.2. The second kappa shape index (κ2) is 4.66. The van der Waals surface area contributed by atoms with Crippen LogP contribution in [0.5, 0.6) is 0 Å². The van der Waals surface area contributed by atoms with Gasteiger partial charge in [0.1, 0.15) is 0 Å². The highest BCUT2D eigenvalue weighted by molar-refractivity contribution is 5.94. The summed E-state index contributed by atoms with van der Waals surface area (Å²) >= 11 is 0. The Hall–Kier alpha value is -1.31. The van der Waals surface area contributed by atoms with Crippen molar-refractivity contribution in [2.24, 2.45) is 17.8 Å². The van der Waals surface area contributed by atoms with Crippen LogP contribution >= 0.6 is 0 Å². The highest BCUT2D eigenvalue weighted by Gasteiger charge is 2.40. The van der Waals surface area contributed by atoms with Gasteiger partial charge in [-0.05, 0) is 47.8 Å². The molecule has 1 amide bonds. The molecule has 2 heteroatoms. The monoisotopic (exact) mass is 257 g/mol. The van der Waals surface area contributed by atoms with Gasteiger partial charge in [-0.15, -0.1) is 0 Å². The molecule has 0 aromatic heterocycles. The number of benzene rings is 1. The molecule has 0 spiro atoms. The van der Waals surface area contributed by atoms with E-state index < -0.39 is 0 Å². The van der Waals surface area contributed by atoms with Gasteiger partial charge in [-0.3, -0.25) is 4.79 Å². The molecule has 0 unspecified atom stereocenters. The minimum Gasteiger partial charge on any atom is -0.338 e. The largest absolute Gasteiger partial charge is 0.338 e. The summed E-state index contributed by atoms with van der Waals surface area (Å²) in [5.74, 6) is 3.21. The number of likely N-dealkylation sites (tertiary alicyclic amines) is 1. The molecule has 1 aromatic rings. The SMILES string of the molecule is CC1CN(C(=O)c2ccc([C@H]3C[C@@H]3C(C)C)cc2)C1. The molecule has 0 N–H and O–H groups in total. The predicted molar refractivity (Wildman–Crippen MR) is 77.2 cm³/mol. The van der Waals surface area contributed by atoms with E-state index in [1.54, 1.807) is 0 Å². The Labute approximate surface area is 115 Å². The first-order chi connectivity index (χ1) is 9.06. The second-order valence-electron chi connectivity index (χ2n) is 6.69. The van der Waals surface area contributed by atoms with Gasteiger partial charge in [-0.2, -0.15) is 0 Å². The summed E-state index contributed by atoms with van der Waals surface area (Å²) in [7, 11) is 0. The van der Waals surface area contributed by atoms with Crippen molar-refractivity contribution in [3.8, 4) is 0 Å². The molecule has 0 radical (unpaired) electrons. The van der Waals surface area contributed by atoms with Crippen LogP contribution in [0.15, 0.2) is 24.3 Å². The molecule has 102 valence electrons. The van der Waals surface area contributed by atoms with E-state index >= 15 is 0 Å². The zero-order valence-electron chi connectivity index (χ0n) is 12.1. The maximum absolute atomic E-state index is 12.2. The lowest BCUT2D eigenvalue weighted by molar-refractivity contribution is 0.0530. The van der Waals surface area contributed by atoms with Gasteiger partial charge < -0.3 is 4.90 Å². The lowest BCUT2D eigenvalue weighted by Gasteiger charge is -2.37. The third-order valence-electron chi connectivity index (χ3n) is 4.63. The molecule has 2 atom stereocenters. The third kappa shape index (κ3) is 2.41. The average molecular weight is 257 g/mol. The number of hydrogen-bond acceptors (Lipinski definition) is 1. The molecular weight excluding hydrogens is 234 g/mol. The summed E-state index contributed by atoms with van der Waals surface area (Å²) in [4.78, 5) is 14.1. The lowest BCUT2D eigenvalue weighted by atomic mass is 9.99. The van der Waals surface area contributed by atoms with E-state index in [4.69, 9.17) is 0 Å². The molecule has 3 rings (SSSR count). The van der Waals surface area contributed by atoms with Crippen molar-refractivity contribution in [2.45, 2.75) is 33.1 Å². The first-order valence-corrected chi connectivity index (χ1v) is 7.45. The third-order valence-corrected chi connectivity index (χ3v) is 4.63. The number of carbonyl (C=O) groups excluding carboxylic acids is 1. The standard InChI is InChI=1S/C17H23NO/c1-11(2)15-8-16(15)13-4-6-14(7-5-13)17(19)18-9-12(3)10-18/h4-7,11-12,15-16H,8-10H2,1-3H3/t15-,16-/m1/s1. The van der Waals surface area contributed by atoms with E-state index in [0.717, 1.165) is 36.4 Å². The van der Waals surface area contributed by atoms with Crippen molar-refractivity contribution in [1.82, 2.24) is 4.90 Å². The van der Waals surface area contributed by atoms with Crippen LogP contribution in [0.4, 0.5) is 0 Å². The van der Waals surface area contributed by atoms with Crippen LogP contribution in [-0.4, -0.2) is 23.9 Å². The molecule has 1 aromatic carbocycles. The first kappa shape index (κ1) is 12.7. The van der Waals surface area contributed by atoms with Gasteiger partial charge in [0.15, 0.2) is 0 Å². The van der Waals surface area contributed by atoms with Gasteiger partial charge in [-0.1, -0.05) is 32.9 Å². The van der Waals surface area contributed by atoms with Crippen LogP contribution in [0.1, 0.15) is 49.0 Å². The van der Waals surface area contributed by atoms with Crippen LogP contribution in [0.2, 0.25) is 0 Å². The van der Waals surface area contributed by atoms with Crippen LogP contribution in [0.3, 0.4) is 0 Å². The van der Waals surface area contributed by atoms with E-state index in [9.17, 15) is 4.79 Å². The van der Waals surface area contributed by atoms with Crippen LogP contribution < -0.4 is 0 Å². The first-order valence-electron chi connectivity index (χ1n) is 7.45. The molecule has 1 saturated heterocycles. The number of hydrogen-bond donors (Lipinski definition) is 0. The van der Waals surface area contributed by atoms with Gasteiger partial charge >= 0.3 is 0 Å². The molecule has 2 fully saturated rings. The summed E-state index contributed by atoms with van der Waals surface area (Å²) in [6.07, 6.45) is 1.31. The topological polar surface area (TPSA) is 20.3 Å². The van der Waals surface area contributed by atoms with Gasteiger partial charge in [0.05, 0.1) is 0 Å². The number of amides is 1. The van der Waals surface area contributed by atoms with Gasteiger partial charge in [0.2, 0.25) is 0 Å². The van der Waals surface area contributed by atoms with Crippen molar-refractivity contribution >= 4 is 5.91 Å². The van der Waals surface area contributed by atoms with E-state index in [1.165, 1.54) is 12.0 Å². The molecule has 19 heavy (non-hydrogen) atoms. The normalized spacial score (nSPS) is 26.4. The predicted octanol–water partition coefficient (Wildman–Crippen LogP) is 3.54. The van der Waals surface area contributed by atoms with E-state index in [2.05, 4.69) is 32.9 Å². The molecule has 1 aliphatic carbocycles. The smallest absolute Gasteiger partial charge is 0.253 e. The Balaban J connectivity index is 1.65. The Morgan fingerprint density at radius 1 is 1.21 bits per heavy atom. The quantitative estimate of drug-likeness (QED) is 0.811. The second-order valence-corrected chi connectivity index (χ2v) is 6.69. The highest BCUT2D eigenvalue weighted by Crippen LogP contribution is 2.51. The number of carbonyl (C=O) groups is 1. The summed E-state index contributed by atoms with van der Waals surface area (Å²) in [5, 5.41) is 0. The van der Waals surface area contributed by atoms with Gasteiger partial charge in [0, 0.05) is 18.7 Å². The average Bonchev–Trinajstić information content (AvgIpc) is 3.15. The minimum atomic E-state index is 0.195. The maximum Gasteiger partial charge on any atom is 0.253 e. The van der Waals surface area contributed by atoms with Crippen molar-refractivity contribution < 1.29 is 4.79 Å². The van der Waals surface area contributed by atoms with E-state index in [0.29, 0.717) is 5.92 Å². The molecule has 0 bridgehead atoms. The Morgan fingerprint density at radius 2 is 1.84 bits per heavy atom. The van der Waals surface area contributed by atoms with Gasteiger partial charge in [-0.25, -0.2) is 0 Å². The van der Waals surface area contributed by atoms with E-state index in [-0.39, 0.29) is 5.91 Å². The Kier molecular flexibility index (Phi) is 3.12. The summed E-state index contributed by atoms with van der Waals surface area (Å²) < 4.78 is 0. The van der Waals surface area contributed by atoms with E-state index in [1.807, 2.05) is 17.0 Å².